The second kappa shape index (κ2) is 5.92. The predicted molar refractivity (Wildman–Crippen MR) is 52.9 cm³/mol. The predicted octanol–water partition coefficient (Wildman–Crippen LogP) is 1.41. The van der Waals surface area contributed by atoms with E-state index in [0.717, 1.165) is 0 Å². The van der Waals surface area contributed by atoms with E-state index in [9.17, 15) is 10.1 Å². The molecule has 0 N–H and O–H groups in total. The van der Waals surface area contributed by atoms with E-state index in [2.05, 4.69) is 4.98 Å². The molecule has 0 aromatic carbocycles. The molecule has 0 amide bonds. The van der Waals surface area contributed by atoms with Gasteiger partial charge in [0.15, 0.2) is 0 Å². The van der Waals surface area contributed by atoms with E-state index >= 15 is 0 Å². The Morgan fingerprint density at radius 3 is 3.00 bits per heavy atom. The second-order valence-corrected chi connectivity index (χ2v) is 2.78. The maximum Gasteiger partial charge on any atom is 0.330 e. The summed E-state index contributed by atoms with van der Waals surface area (Å²) in [6, 6.07) is 2.86. The quantitative estimate of drug-likeness (QED) is 0.405. The fourth-order valence-electron chi connectivity index (χ4n) is 1.00. The summed E-state index contributed by atoms with van der Waals surface area (Å²) in [6.45, 7) is 0.909. The Balaban J connectivity index is 2.56. The van der Waals surface area contributed by atoms with E-state index in [-0.39, 0.29) is 11.6 Å². The zero-order valence-electron chi connectivity index (χ0n) is 8.38. The summed E-state index contributed by atoms with van der Waals surface area (Å²) in [5, 5.41) is 10.6. The summed E-state index contributed by atoms with van der Waals surface area (Å²) in [6.07, 6.45) is 2.13. The van der Waals surface area contributed by atoms with E-state index in [0.29, 0.717) is 19.6 Å². The number of methoxy groups -OCH3 is 1. The molecule has 82 valence electrons. The van der Waals surface area contributed by atoms with Crippen LogP contribution in [-0.4, -0.2) is 30.2 Å². The minimum atomic E-state index is -0.515. The third kappa shape index (κ3) is 3.51. The lowest BCUT2D eigenvalue weighted by Gasteiger charge is -2.04. The lowest BCUT2D eigenvalue weighted by atomic mass is 10.4. The molecule has 1 aromatic heterocycles. The standard InChI is InChI=1S/C9H12N2O4/c1-14-6-3-7-15-9-8(11(12)13)4-2-5-10-9/h2,4-5H,3,6-7H2,1H3. The van der Waals surface area contributed by atoms with E-state index < -0.39 is 4.92 Å². The monoisotopic (exact) mass is 212 g/mol. The summed E-state index contributed by atoms with van der Waals surface area (Å²) in [4.78, 5) is 13.8. The first-order chi connectivity index (χ1) is 7.25. The van der Waals surface area contributed by atoms with Gasteiger partial charge in [-0.2, -0.15) is 0 Å². The van der Waals surface area contributed by atoms with Crippen molar-refractivity contribution < 1.29 is 14.4 Å². The number of ether oxygens (including phenoxy) is 2. The Bertz CT molecular complexity index is 330. The molecule has 0 radical (unpaired) electrons. The van der Waals surface area contributed by atoms with Crippen LogP contribution in [0.1, 0.15) is 6.42 Å². The first kappa shape index (κ1) is 11.4. The molecule has 0 bridgehead atoms. The summed E-state index contributed by atoms with van der Waals surface area (Å²) < 4.78 is 9.99. The van der Waals surface area contributed by atoms with Crippen LogP contribution in [0.15, 0.2) is 18.3 Å². The van der Waals surface area contributed by atoms with Gasteiger partial charge in [0.25, 0.3) is 5.88 Å². The van der Waals surface area contributed by atoms with Crippen LogP contribution in [-0.2, 0) is 4.74 Å². The number of nitrogens with zero attached hydrogens (tertiary/aromatic N) is 2. The molecule has 6 nitrogen and oxygen atoms in total. The van der Waals surface area contributed by atoms with Crippen molar-refractivity contribution in [1.29, 1.82) is 0 Å². The molecule has 1 heterocycles. The third-order valence-corrected chi connectivity index (χ3v) is 1.68. The highest BCUT2D eigenvalue weighted by Gasteiger charge is 2.14. The number of nitro groups is 1. The highest BCUT2D eigenvalue weighted by atomic mass is 16.6. The smallest absolute Gasteiger partial charge is 0.330 e. The van der Waals surface area contributed by atoms with E-state index in [4.69, 9.17) is 9.47 Å². The SMILES string of the molecule is COCCCOc1ncccc1[N+](=O)[O-]. The molecule has 6 heteroatoms. The van der Waals surface area contributed by atoms with Gasteiger partial charge < -0.3 is 9.47 Å². The Kier molecular flexibility index (Phi) is 4.49. The highest BCUT2D eigenvalue weighted by Crippen LogP contribution is 2.22. The van der Waals surface area contributed by atoms with Gasteiger partial charge in [0, 0.05) is 32.4 Å². The molecule has 0 unspecified atom stereocenters. The summed E-state index contributed by atoms with van der Waals surface area (Å²) in [7, 11) is 1.59. The summed E-state index contributed by atoms with van der Waals surface area (Å²) in [5.74, 6) is 0.0543. The van der Waals surface area contributed by atoms with Crippen LogP contribution in [0.5, 0.6) is 5.88 Å². The molecule has 0 saturated heterocycles. The van der Waals surface area contributed by atoms with Gasteiger partial charge in [-0.3, -0.25) is 10.1 Å². The normalized spacial score (nSPS) is 9.93. The summed E-state index contributed by atoms with van der Waals surface area (Å²) >= 11 is 0. The van der Waals surface area contributed by atoms with Gasteiger partial charge >= 0.3 is 5.69 Å². The zero-order valence-corrected chi connectivity index (χ0v) is 8.38. The van der Waals surface area contributed by atoms with Gasteiger partial charge in [0.2, 0.25) is 0 Å². The Hall–Kier alpha value is -1.69. The van der Waals surface area contributed by atoms with Crippen LogP contribution in [0.25, 0.3) is 0 Å². The molecule has 0 aliphatic carbocycles. The van der Waals surface area contributed by atoms with E-state index in [1.165, 1.54) is 18.3 Å². The lowest BCUT2D eigenvalue weighted by Crippen LogP contribution is -2.04. The van der Waals surface area contributed by atoms with E-state index in [1.54, 1.807) is 7.11 Å². The van der Waals surface area contributed by atoms with Crippen molar-refractivity contribution in [1.82, 2.24) is 4.98 Å². The zero-order chi connectivity index (χ0) is 11.1. The average Bonchev–Trinajstić information content (AvgIpc) is 2.25. The lowest BCUT2D eigenvalue weighted by molar-refractivity contribution is -0.386. The van der Waals surface area contributed by atoms with E-state index in [1.807, 2.05) is 0 Å². The van der Waals surface area contributed by atoms with Crippen molar-refractivity contribution in [2.75, 3.05) is 20.3 Å². The second-order valence-electron chi connectivity index (χ2n) is 2.78. The number of aromatic nitrogens is 1. The molecule has 0 spiro atoms. The largest absolute Gasteiger partial charge is 0.473 e. The Morgan fingerprint density at radius 2 is 2.33 bits per heavy atom. The van der Waals surface area contributed by atoms with Crippen molar-refractivity contribution in [3.8, 4) is 5.88 Å². The minimum absolute atomic E-state index is 0.0543. The van der Waals surface area contributed by atoms with Crippen LogP contribution in [0.4, 0.5) is 5.69 Å². The molecule has 0 aliphatic heterocycles. The topological polar surface area (TPSA) is 74.5 Å². The fourth-order valence-corrected chi connectivity index (χ4v) is 1.00. The van der Waals surface area contributed by atoms with Crippen molar-refractivity contribution in [2.45, 2.75) is 6.42 Å². The van der Waals surface area contributed by atoms with Crippen LogP contribution < -0.4 is 4.74 Å². The van der Waals surface area contributed by atoms with Crippen LogP contribution in [0.2, 0.25) is 0 Å². The third-order valence-electron chi connectivity index (χ3n) is 1.68. The number of rotatable bonds is 6. The van der Waals surface area contributed by atoms with Crippen molar-refractivity contribution >= 4 is 5.69 Å². The van der Waals surface area contributed by atoms with Crippen molar-refractivity contribution in [3.63, 3.8) is 0 Å². The van der Waals surface area contributed by atoms with Gasteiger partial charge in [0.05, 0.1) is 11.5 Å². The van der Waals surface area contributed by atoms with Crippen molar-refractivity contribution in [2.24, 2.45) is 0 Å². The molecular weight excluding hydrogens is 200 g/mol. The van der Waals surface area contributed by atoms with Crippen LogP contribution in [0, 0.1) is 10.1 Å². The molecule has 15 heavy (non-hydrogen) atoms. The maximum atomic E-state index is 10.6. The average molecular weight is 212 g/mol. The van der Waals surface area contributed by atoms with Gasteiger partial charge in [-0.25, -0.2) is 4.98 Å². The van der Waals surface area contributed by atoms with Gasteiger partial charge in [-0.1, -0.05) is 0 Å². The number of hydrogen-bond donors (Lipinski definition) is 0. The molecular formula is C9H12N2O4. The summed E-state index contributed by atoms with van der Waals surface area (Å²) in [5.41, 5.74) is -0.116. The molecule has 0 fully saturated rings. The van der Waals surface area contributed by atoms with Gasteiger partial charge in [-0.05, 0) is 6.07 Å². The minimum Gasteiger partial charge on any atom is -0.473 e. The molecule has 1 rings (SSSR count). The Morgan fingerprint density at radius 1 is 1.53 bits per heavy atom. The first-order valence-electron chi connectivity index (χ1n) is 4.47. The highest BCUT2D eigenvalue weighted by molar-refractivity contribution is 5.39. The van der Waals surface area contributed by atoms with Crippen molar-refractivity contribution in [3.05, 3.63) is 28.4 Å². The molecule has 1 aromatic rings. The van der Waals surface area contributed by atoms with Gasteiger partial charge in [0.1, 0.15) is 0 Å². The molecule has 0 saturated carbocycles. The number of hydrogen-bond acceptors (Lipinski definition) is 5. The fraction of sp³-hybridized carbons (Fsp3) is 0.444. The maximum absolute atomic E-state index is 10.6. The van der Waals surface area contributed by atoms with Crippen LogP contribution >= 0.6 is 0 Å². The van der Waals surface area contributed by atoms with Gasteiger partial charge in [-0.15, -0.1) is 0 Å². The number of pyridine rings is 1. The molecule has 0 atom stereocenters. The Labute approximate surface area is 87.0 Å². The molecule has 0 aliphatic rings. The van der Waals surface area contributed by atoms with Crippen LogP contribution in [0.3, 0.4) is 0 Å². The first-order valence-corrected chi connectivity index (χ1v) is 4.47.